The van der Waals surface area contributed by atoms with Crippen molar-refractivity contribution in [2.45, 2.75) is 0 Å². The zero-order chi connectivity index (χ0) is 7.84. The summed E-state index contributed by atoms with van der Waals surface area (Å²) in [6, 6.07) is 0. The molecule has 0 saturated carbocycles. The van der Waals surface area contributed by atoms with E-state index in [1.165, 1.54) is 0 Å². The topological polar surface area (TPSA) is 104 Å². The first-order valence-electron chi connectivity index (χ1n) is 2.79. The summed E-state index contributed by atoms with van der Waals surface area (Å²) in [5.41, 5.74) is 11.9. The zero-order valence-electron chi connectivity index (χ0n) is 5.35. The van der Waals surface area contributed by atoms with E-state index in [1.54, 1.807) is 0 Å². The molecule has 56 valence electrons. The average Bonchev–Trinajstić information content (AvgIpc) is 2.45. The van der Waals surface area contributed by atoms with Crippen LogP contribution in [0.25, 0.3) is 11.0 Å². The SMILES string of the molecule is Nc1nnc(N)c2nsnc12. The summed E-state index contributed by atoms with van der Waals surface area (Å²) >= 11 is 1.04. The number of hydrogen-bond donors (Lipinski definition) is 2. The number of nitrogens with zero attached hydrogens (tertiary/aromatic N) is 4. The molecule has 2 rings (SSSR count). The van der Waals surface area contributed by atoms with E-state index in [0.717, 1.165) is 11.7 Å². The highest BCUT2D eigenvalue weighted by atomic mass is 32.1. The van der Waals surface area contributed by atoms with Gasteiger partial charge in [0, 0.05) is 0 Å². The number of fused-ring (bicyclic) bond motifs is 1. The molecular weight excluding hydrogens is 164 g/mol. The van der Waals surface area contributed by atoms with Crippen LogP contribution in [0.2, 0.25) is 0 Å². The van der Waals surface area contributed by atoms with Gasteiger partial charge in [-0.25, -0.2) is 0 Å². The van der Waals surface area contributed by atoms with E-state index in [9.17, 15) is 0 Å². The van der Waals surface area contributed by atoms with E-state index in [2.05, 4.69) is 18.9 Å². The maximum atomic E-state index is 5.44. The number of hydrogen-bond acceptors (Lipinski definition) is 7. The molecule has 0 radical (unpaired) electrons. The molecule has 0 spiro atoms. The third-order valence-electron chi connectivity index (χ3n) is 1.24. The molecule has 0 fully saturated rings. The molecule has 0 atom stereocenters. The van der Waals surface area contributed by atoms with Crippen molar-refractivity contribution in [2.75, 3.05) is 11.5 Å². The Morgan fingerprint density at radius 2 is 1.36 bits per heavy atom. The molecule has 0 saturated heterocycles. The van der Waals surface area contributed by atoms with Crippen molar-refractivity contribution in [3.05, 3.63) is 0 Å². The summed E-state index contributed by atoms with van der Waals surface area (Å²) < 4.78 is 7.80. The van der Waals surface area contributed by atoms with E-state index in [4.69, 9.17) is 11.5 Å². The lowest BCUT2D eigenvalue weighted by atomic mass is 10.4. The van der Waals surface area contributed by atoms with E-state index < -0.39 is 0 Å². The zero-order valence-corrected chi connectivity index (χ0v) is 6.17. The molecule has 0 unspecified atom stereocenters. The standard InChI is InChI=1S/C4H4N6S/c5-3-1-2(10-11-9-1)4(6)8-7-3/h(H2,5,7)(H2,6,8). The number of rotatable bonds is 0. The second-order valence-corrected chi connectivity index (χ2v) is 2.46. The Morgan fingerprint density at radius 1 is 0.909 bits per heavy atom. The Hall–Kier alpha value is -1.50. The van der Waals surface area contributed by atoms with Crippen molar-refractivity contribution in [3.63, 3.8) is 0 Å². The summed E-state index contributed by atoms with van der Waals surface area (Å²) in [5.74, 6) is 0.533. The quantitative estimate of drug-likeness (QED) is 0.557. The van der Waals surface area contributed by atoms with Crippen molar-refractivity contribution in [2.24, 2.45) is 0 Å². The van der Waals surface area contributed by atoms with Crippen molar-refractivity contribution in [1.29, 1.82) is 0 Å². The third-order valence-corrected chi connectivity index (χ3v) is 1.77. The van der Waals surface area contributed by atoms with Gasteiger partial charge < -0.3 is 11.5 Å². The van der Waals surface area contributed by atoms with Crippen molar-refractivity contribution in [3.8, 4) is 0 Å². The van der Waals surface area contributed by atoms with Crippen LogP contribution < -0.4 is 11.5 Å². The Labute approximate surface area is 65.6 Å². The predicted octanol–water partition coefficient (Wildman–Crippen LogP) is -0.354. The van der Waals surface area contributed by atoms with Gasteiger partial charge in [0.15, 0.2) is 22.7 Å². The molecule has 2 heterocycles. The van der Waals surface area contributed by atoms with Gasteiger partial charge in [0.25, 0.3) is 0 Å². The van der Waals surface area contributed by atoms with Gasteiger partial charge in [-0.05, 0) is 0 Å². The lowest BCUT2D eigenvalue weighted by Crippen LogP contribution is -1.99. The summed E-state index contributed by atoms with van der Waals surface area (Å²) in [6.45, 7) is 0. The molecule has 7 heteroatoms. The highest BCUT2D eigenvalue weighted by Gasteiger charge is 2.07. The second kappa shape index (κ2) is 1.99. The van der Waals surface area contributed by atoms with Gasteiger partial charge in [-0.2, -0.15) is 8.75 Å². The monoisotopic (exact) mass is 168 g/mol. The maximum Gasteiger partial charge on any atom is 0.175 e. The molecule has 4 N–H and O–H groups in total. The smallest absolute Gasteiger partial charge is 0.175 e. The van der Waals surface area contributed by atoms with Crippen molar-refractivity contribution in [1.82, 2.24) is 18.9 Å². The van der Waals surface area contributed by atoms with E-state index >= 15 is 0 Å². The maximum absolute atomic E-state index is 5.44. The van der Waals surface area contributed by atoms with Gasteiger partial charge in [-0.15, -0.1) is 10.2 Å². The van der Waals surface area contributed by atoms with Crippen LogP contribution in [0.5, 0.6) is 0 Å². The molecule has 0 bridgehead atoms. The molecular formula is C4H4N6S. The number of nitrogens with two attached hydrogens (primary N) is 2. The van der Waals surface area contributed by atoms with Crippen LogP contribution in [0.1, 0.15) is 0 Å². The highest BCUT2D eigenvalue weighted by molar-refractivity contribution is 7.00. The van der Waals surface area contributed by atoms with Gasteiger partial charge >= 0.3 is 0 Å². The minimum absolute atomic E-state index is 0.267. The Bertz CT molecular complexity index is 358. The van der Waals surface area contributed by atoms with Crippen molar-refractivity contribution < 1.29 is 0 Å². The van der Waals surface area contributed by atoms with Gasteiger partial charge in [0.1, 0.15) is 0 Å². The Balaban J connectivity index is 2.96. The largest absolute Gasteiger partial charge is 0.380 e. The van der Waals surface area contributed by atoms with Crippen LogP contribution in [0.15, 0.2) is 0 Å². The first-order chi connectivity index (χ1) is 5.29. The fourth-order valence-corrected chi connectivity index (χ4v) is 1.29. The van der Waals surface area contributed by atoms with Crippen LogP contribution in [0.4, 0.5) is 11.6 Å². The molecule has 0 aliphatic rings. The van der Waals surface area contributed by atoms with Crippen LogP contribution in [-0.2, 0) is 0 Å². The summed E-state index contributed by atoms with van der Waals surface area (Å²) in [5, 5.41) is 7.17. The van der Waals surface area contributed by atoms with Gasteiger partial charge in [-0.1, -0.05) is 0 Å². The normalized spacial score (nSPS) is 10.5. The fourth-order valence-electron chi connectivity index (χ4n) is 0.727. The second-order valence-electron chi connectivity index (χ2n) is 1.93. The van der Waals surface area contributed by atoms with E-state index in [-0.39, 0.29) is 11.6 Å². The van der Waals surface area contributed by atoms with Gasteiger partial charge in [0.05, 0.1) is 11.7 Å². The summed E-state index contributed by atoms with van der Waals surface area (Å²) in [6.07, 6.45) is 0. The van der Waals surface area contributed by atoms with Crippen LogP contribution >= 0.6 is 11.7 Å². The van der Waals surface area contributed by atoms with E-state index in [1.807, 2.05) is 0 Å². The first-order valence-corrected chi connectivity index (χ1v) is 3.52. The van der Waals surface area contributed by atoms with Gasteiger partial charge in [0.2, 0.25) is 0 Å². The number of aromatic nitrogens is 4. The average molecular weight is 168 g/mol. The summed E-state index contributed by atoms with van der Waals surface area (Å²) in [7, 11) is 0. The lowest BCUT2D eigenvalue weighted by Gasteiger charge is -1.92. The Kier molecular flexibility index (Phi) is 1.13. The predicted molar refractivity (Wildman–Crippen MR) is 41.8 cm³/mol. The molecule has 0 aliphatic carbocycles. The van der Waals surface area contributed by atoms with Gasteiger partial charge in [-0.3, -0.25) is 0 Å². The van der Waals surface area contributed by atoms with Crippen LogP contribution in [0.3, 0.4) is 0 Å². The molecule has 0 aliphatic heterocycles. The number of nitrogen functional groups attached to an aromatic ring is 2. The molecule has 0 amide bonds. The first kappa shape index (κ1) is 6.23. The number of anilines is 2. The van der Waals surface area contributed by atoms with E-state index in [0.29, 0.717) is 11.0 Å². The molecule has 0 aromatic carbocycles. The van der Waals surface area contributed by atoms with Crippen molar-refractivity contribution >= 4 is 34.4 Å². The Morgan fingerprint density at radius 3 is 1.82 bits per heavy atom. The lowest BCUT2D eigenvalue weighted by molar-refractivity contribution is 1.07. The molecule has 2 aromatic heterocycles. The van der Waals surface area contributed by atoms with Crippen LogP contribution in [-0.4, -0.2) is 18.9 Å². The highest BCUT2D eigenvalue weighted by Crippen LogP contribution is 2.18. The molecule has 6 nitrogen and oxygen atoms in total. The minimum atomic E-state index is 0.267. The molecule has 2 aromatic rings. The van der Waals surface area contributed by atoms with Crippen LogP contribution in [0, 0.1) is 0 Å². The fraction of sp³-hybridized carbons (Fsp3) is 0. The minimum Gasteiger partial charge on any atom is -0.380 e. The molecule has 11 heavy (non-hydrogen) atoms. The third kappa shape index (κ3) is 0.777. The summed E-state index contributed by atoms with van der Waals surface area (Å²) in [4.78, 5) is 0.